The Morgan fingerprint density at radius 3 is 2.59 bits per heavy atom. The molecule has 1 saturated heterocycles. The smallest absolute Gasteiger partial charge is 0.163 e. The minimum atomic E-state index is 0.0605. The first-order valence-electron chi connectivity index (χ1n) is 9.88. The van der Waals surface area contributed by atoms with Gasteiger partial charge < -0.3 is 19.1 Å². The van der Waals surface area contributed by atoms with Crippen molar-refractivity contribution in [2.45, 2.75) is 26.0 Å². The summed E-state index contributed by atoms with van der Waals surface area (Å²) in [5.41, 5.74) is 4.51. The highest BCUT2D eigenvalue weighted by atomic mass is 16.6. The molecule has 1 fully saturated rings. The van der Waals surface area contributed by atoms with Crippen LogP contribution in [-0.4, -0.2) is 31.4 Å². The average molecular weight is 390 g/mol. The topological polar surface area (TPSA) is 43.8 Å². The Balaban J connectivity index is 1.69. The van der Waals surface area contributed by atoms with E-state index in [0.29, 0.717) is 13.2 Å². The third-order valence-electron chi connectivity index (χ3n) is 5.05. The molecule has 1 aliphatic heterocycles. The lowest BCUT2D eigenvalue weighted by atomic mass is 10.1. The molecule has 5 heteroatoms. The van der Waals surface area contributed by atoms with E-state index in [1.54, 1.807) is 13.3 Å². The van der Waals surface area contributed by atoms with Crippen LogP contribution >= 0.6 is 0 Å². The number of methoxy groups -OCH3 is 1. The Morgan fingerprint density at radius 2 is 1.90 bits per heavy atom. The van der Waals surface area contributed by atoms with Gasteiger partial charge in [-0.25, -0.2) is 0 Å². The molecule has 3 aromatic rings. The second-order valence-electron chi connectivity index (χ2n) is 7.22. The summed E-state index contributed by atoms with van der Waals surface area (Å²) in [6.45, 7) is 4.15. The Hall–Kier alpha value is -3.05. The van der Waals surface area contributed by atoms with E-state index >= 15 is 0 Å². The molecule has 29 heavy (non-hydrogen) atoms. The number of anilines is 2. The monoisotopic (exact) mass is 390 g/mol. The molecule has 0 aliphatic carbocycles. The summed E-state index contributed by atoms with van der Waals surface area (Å²) in [4.78, 5) is 6.53. The lowest BCUT2D eigenvalue weighted by Crippen LogP contribution is -2.18. The van der Waals surface area contributed by atoms with Crippen molar-refractivity contribution in [2.75, 3.05) is 25.2 Å². The Labute approximate surface area is 171 Å². The first-order valence-corrected chi connectivity index (χ1v) is 9.88. The first kappa shape index (κ1) is 19.3. The van der Waals surface area contributed by atoms with Crippen LogP contribution in [0.2, 0.25) is 0 Å². The SMILES string of the molecule is COc1ccc(N(Cc2cccnc2)c2ccc(C)cc2)cc1OC1CCOC1. The number of nitrogens with zero attached hydrogens (tertiary/aromatic N) is 2. The summed E-state index contributed by atoms with van der Waals surface area (Å²) < 4.78 is 17.2. The highest BCUT2D eigenvalue weighted by Crippen LogP contribution is 2.36. The van der Waals surface area contributed by atoms with E-state index in [1.807, 2.05) is 24.4 Å². The van der Waals surface area contributed by atoms with Gasteiger partial charge in [0.15, 0.2) is 11.5 Å². The Kier molecular flexibility index (Phi) is 5.96. The maximum atomic E-state index is 6.20. The molecule has 4 rings (SSSR count). The predicted molar refractivity (Wildman–Crippen MR) is 114 cm³/mol. The van der Waals surface area contributed by atoms with Crippen LogP contribution in [0.25, 0.3) is 0 Å². The van der Waals surface area contributed by atoms with Gasteiger partial charge in [-0.05, 0) is 42.8 Å². The van der Waals surface area contributed by atoms with Gasteiger partial charge in [0.25, 0.3) is 0 Å². The van der Waals surface area contributed by atoms with Gasteiger partial charge in [-0.2, -0.15) is 0 Å². The number of benzene rings is 2. The van der Waals surface area contributed by atoms with Gasteiger partial charge in [-0.1, -0.05) is 23.8 Å². The van der Waals surface area contributed by atoms with E-state index in [4.69, 9.17) is 14.2 Å². The van der Waals surface area contributed by atoms with E-state index in [-0.39, 0.29) is 6.10 Å². The zero-order valence-electron chi connectivity index (χ0n) is 16.9. The minimum absolute atomic E-state index is 0.0605. The van der Waals surface area contributed by atoms with Gasteiger partial charge >= 0.3 is 0 Å². The number of hydrogen-bond donors (Lipinski definition) is 0. The average Bonchev–Trinajstić information content (AvgIpc) is 3.27. The molecular formula is C24H26N2O3. The summed E-state index contributed by atoms with van der Waals surface area (Å²) >= 11 is 0. The fourth-order valence-electron chi connectivity index (χ4n) is 3.44. The van der Waals surface area contributed by atoms with Crippen LogP contribution in [0.4, 0.5) is 11.4 Å². The molecule has 2 heterocycles. The van der Waals surface area contributed by atoms with Crippen molar-refractivity contribution in [3.63, 3.8) is 0 Å². The van der Waals surface area contributed by atoms with Crippen molar-refractivity contribution in [3.05, 3.63) is 78.1 Å². The zero-order valence-corrected chi connectivity index (χ0v) is 16.9. The van der Waals surface area contributed by atoms with Crippen molar-refractivity contribution in [1.82, 2.24) is 4.98 Å². The number of pyridine rings is 1. The van der Waals surface area contributed by atoms with E-state index in [9.17, 15) is 0 Å². The van der Waals surface area contributed by atoms with Crippen LogP contribution in [0.3, 0.4) is 0 Å². The van der Waals surface area contributed by atoms with Gasteiger partial charge in [0, 0.05) is 42.8 Å². The molecule has 1 atom stereocenters. The van der Waals surface area contributed by atoms with Crippen LogP contribution in [0.1, 0.15) is 17.5 Å². The number of aryl methyl sites for hydroxylation is 1. The van der Waals surface area contributed by atoms with E-state index in [0.717, 1.165) is 41.5 Å². The third kappa shape index (κ3) is 4.69. The minimum Gasteiger partial charge on any atom is -0.493 e. The van der Waals surface area contributed by atoms with Crippen LogP contribution in [0.5, 0.6) is 11.5 Å². The van der Waals surface area contributed by atoms with Crippen molar-refractivity contribution in [3.8, 4) is 11.5 Å². The van der Waals surface area contributed by atoms with E-state index in [2.05, 4.69) is 53.2 Å². The lowest BCUT2D eigenvalue weighted by molar-refractivity contribution is 0.138. The Bertz CT molecular complexity index is 923. The van der Waals surface area contributed by atoms with Crippen LogP contribution in [0.15, 0.2) is 67.0 Å². The van der Waals surface area contributed by atoms with Crippen molar-refractivity contribution >= 4 is 11.4 Å². The number of aromatic nitrogens is 1. The molecule has 1 aromatic heterocycles. The molecule has 0 spiro atoms. The molecule has 0 radical (unpaired) electrons. The maximum absolute atomic E-state index is 6.20. The van der Waals surface area contributed by atoms with Gasteiger partial charge in [-0.3, -0.25) is 4.98 Å². The van der Waals surface area contributed by atoms with Gasteiger partial charge in [-0.15, -0.1) is 0 Å². The lowest BCUT2D eigenvalue weighted by Gasteiger charge is -2.26. The van der Waals surface area contributed by atoms with Crippen molar-refractivity contribution in [1.29, 1.82) is 0 Å². The molecule has 2 aromatic carbocycles. The second-order valence-corrected chi connectivity index (χ2v) is 7.22. The number of rotatable bonds is 7. The molecule has 5 nitrogen and oxygen atoms in total. The molecule has 0 amide bonds. The zero-order chi connectivity index (χ0) is 20.1. The summed E-state index contributed by atoms with van der Waals surface area (Å²) in [5.74, 6) is 1.47. The highest BCUT2D eigenvalue weighted by Gasteiger charge is 2.20. The highest BCUT2D eigenvalue weighted by molar-refractivity contribution is 5.67. The normalized spacial score (nSPS) is 15.9. The van der Waals surface area contributed by atoms with Gasteiger partial charge in [0.2, 0.25) is 0 Å². The van der Waals surface area contributed by atoms with Crippen molar-refractivity contribution < 1.29 is 14.2 Å². The molecule has 0 saturated carbocycles. The van der Waals surface area contributed by atoms with Crippen LogP contribution in [0, 0.1) is 6.92 Å². The number of hydrogen-bond acceptors (Lipinski definition) is 5. The summed E-state index contributed by atoms with van der Waals surface area (Å²) in [5, 5.41) is 0. The van der Waals surface area contributed by atoms with Crippen molar-refractivity contribution in [2.24, 2.45) is 0 Å². The molecule has 0 N–H and O–H groups in total. The van der Waals surface area contributed by atoms with Crippen LogP contribution < -0.4 is 14.4 Å². The third-order valence-corrected chi connectivity index (χ3v) is 5.05. The first-order chi connectivity index (χ1) is 14.2. The quantitative estimate of drug-likeness (QED) is 0.574. The molecule has 1 unspecified atom stereocenters. The number of ether oxygens (including phenoxy) is 3. The Morgan fingerprint density at radius 1 is 1.07 bits per heavy atom. The largest absolute Gasteiger partial charge is 0.493 e. The second kappa shape index (κ2) is 8.97. The van der Waals surface area contributed by atoms with Gasteiger partial charge in [0.1, 0.15) is 6.10 Å². The molecule has 0 bridgehead atoms. The fraction of sp³-hybridized carbons (Fsp3) is 0.292. The molecule has 1 aliphatic rings. The summed E-state index contributed by atoms with van der Waals surface area (Å²) in [6, 6.07) is 18.7. The van der Waals surface area contributed by atoms with E-state index < -0.39 is 0 Å². The molecular weight excluding hydrogens is 364 g/mol. The van der Waals surface area contributed by atoms with E-state index in [1.165, 1.54) is 5.56 Å². The standard InChI is InChI=1S/C24H26N2O3/c1-18-5-7-20(8-6-18)26(16-19-4-3-12-25-15-19)21-9-10-23(27-2)24(14-21)29-22-11-13-28-17-22/h3-10,12,14-15,22H,11,13,16-17H2,1-2H3. The maximum Gasteiger partial charge on any atom is 0.163 e. The fourth-order valence-corrected chi connectivity index (χ4v) is 3.44. The predicted octanol–water partition coefficient (Wildman–Crippen LogP) is 4.90. The molecule has 150 valence electrons. The van der Waals surface area contributed by atoms with Gasteiger partial charge in [0.05, 0.1) is 20.3 Å². The van der Waals surface area contributed by atoms with Crippen LogP contribution in [-0.2, 0) is 11.3 Å². The summed E-state index contributed by atoms with van der Waals surface area (Å²) in [6.07, 6.45) is 4.65. The summed E-state index contributed by atoms with van der Waals surface area (Å²) in [7, 11) is 1.67.